The molecule has 5 nitrogen and oxygen atoms in total. The molecule has 24 heavy (non-hydrogen) atoms. The van der Waals surface area contributed by atoms with Gasteiger partial charge in [0.2, 0.25) is 11.8 Å². The standard InChI is InChI=1S/C19H25N3O2/c23-13-17(15-9-10-15)22(11-14-5-2-1-3-6-14)12-18-20-21-19(24-18)16-7-4-8-16/h1-3,5-6,15-17,23H,4,7-13H2. The highest BCUT2D eigenvalue weighted by Gasteiger charge is 2.35. The van der Waals surface area contributed by atoms with Crippen LogP contribution >= 0.6 is 0 Å². The van der Waals surface area contributed by atoms with Crippen molar-refractivity contribution < 1.29 is 9.52 Å². The quantitative estimate of drug-likeness (QED) is 0.807. The van der Waals surface area contributed by atoms with Gasteiger partial charge in [-0.15, -0.1) is 10.2 Å². The van der Waals surface area contributed by atoms with E-state index in [0.717, 1.165) is 25.3 Å². The highest BCUT2D eigenvalue weighted by molar-refractivity contribution is 5.15. The Hall–Kier alpha value is -1.72. The number of aliphatic hydroxyl groups excluding tert-OH is 1. The van der Waals surface area contributed by atoms with E-state index in [1.165, 1.54) is 24.8 Å². The zero-order valence-electron chi connectivity index (χ0n) is 14.0. The molecule has 0 bridgehead atoms. The SMILES string of the molecule is OCC(C1CC1)N(Cc1ccccc1)Cc1nnc(C2CCC2)o1. The van der Waals surface area contributed by atoms with Crippen LogP contribution in [0.5, 0.6) is 0 Å². The summed E-state index contributed by atoms with van der Waals surface area (Å²) in [5, 5.41) is 18.4. The number of hydrogen-bond acceptors (Lipinski definition) is 5. The van der Waals surface area contributed by atoms with Crippen LogP contribution in [0.1, 0.15) is 55.4 Å². The molecular weight excluding hydrogens is 302 g/mol. The summed E-state index contributed by atoms with van der Waals surface area (Å²) < 4.78 is 5.91. The first-order chi connectivity index (χ1) is 11.8. The third kappa shape index (κ3) is 3.52. The molecule has 5 heteroatoms. The molecule has 1 aromatic heterocycles. The second-order valence-corrected chi connectivity index (χ2v) is 7.14. The number of aromatic nitrogens is 2. The lowest BCUT2D eigenvalue weighted by Gasteiger charge is -2.29. The van der Waals surface area contributed by atoms with Gasteiger partial charge in [-0.05, 0) is 37.2 Å². The molecule has 0 spiro atoms. The Morgan fingerprint density at radius 1 is 1.08 bits per heavy atom. The lowest BCUT2D eigenvalue weighted by atomic mass is 9.85. The minimum absolute atomic E-state index is 0.171. The highest BCUT2D eigenvalue weighted by atomic mass is 16.4. The Labute approximate surface area is 142 Å². The van der Waals surface area contributed by atoms with Crippen LogP contribution in [0.4, 0.5) is 0 Å². The Morgan fingerprint density at radius 2 is 1.88 bits per heavy atom. The highest BCUT2D eigenvalue weighted by Crippen LogP contribution is 2.37. The Morgan fingerprint density at radius 3 is 2.50 bits per heavy atom. The fourth-order valence-corrected chi connectivity index (χ4v) is 3.48. The molecule has 1 aromatic carbocycles. The maximum absolute atomic E-state index is 9.90. The van der Waals surface area contributed by atoms with E-state index in [0.29, 0.717) is 24.3 Å². The zero-order chi connectivity index (χ0) is 16.4. The van der Waals surface area contributed by atoms with Gasteiger partial charge in [-0.1, -0.05) is 36.8 Å². The summed E-state index contributed by atoms with van der Waals surface area (Å²) in [5.41, 5.74) is 1.25. The summed E-state index contributed by atoms with van der Waals surface area (Å²) in [6, 6.07) is 10.6. The second kappa shape index (κ2) is 7.03. The molecule has 0 saturated heterocycles. The number of benzene rings is 1. The number of nitrogens with zero attached hydrogens (tertiary/aromatic N) is 3. The summed E-state index contributed by atoms with van der Waals surface area (Å²) >= 11 is 0. The topological polar surface area (TPSA) is 62.4 Å². The van der Waals surface area contributed by atoms with Gasteiger partial charge in [0.1, 0.15) is 0 Å². The maximum Gasteiger partial charge on any atom is 0.230 e. The van der Waals surface area contributed by atoms with Gasteiger partial charge >= 0.3 is 0 Å². The molecule has 1 N–H and O–H groups in total. The molecule has 1 heterocycles. The normalized spacial score (nSPS) is 19.4. The third-order valence-electron chi connectivity index (χ3n) is 5.33. The van der Waals surface area contributed by atoms with Crippen LogP contribution in [0.3, 0.4) is 0 Å². The van der Waals surface area contributed by atoms with E-state index in [4.69, 9.17) is 4.42 Å². The molecule has 2 aromatic rings. The first-order valence-corrected chi connectivity index (χ1v) is 9.04. The van der Waals surface area contributed by atoms with E-state index in [1.54, 1.807) is 0 Å². The molecule has 0 amide bonds. The number of rotatable bonds is 8. The number of aliphatic hydroxyl groups is 1. The molecule has 1 unspecified atom stereocenters. The van der Waals surface area contributed by atoms with Gasteiger partial charge in [-0.2, -0.15) is 0 Å². The van der Waals surface area contributed by atoms with Crippen LogP contribution in [0.2, 0.25) is 0 Å². The molecule has 128 valence electrons. The van der Waals surface area contributed by atoms with Crippen molar-refractivity contribution in [3.05, 3.63) is 47.7 Å². The first kappa shape index (κ1) is 15.8. The van der Waals surface area contributed by atoms with Crippen LogP contribution in [-0.2, 0) is 13.1 Å². The first-order valence-electron chi connectivity index (χ1n) is 9.04. The molecule has 2 saturated carbocycles. The largest absolute Gasteiger partial charge is 0.424 e. The van der Waals surface area contributed by atoms with Crippen LogP contribution in [0.25, 0.3) is 0 Å². The molecule has 2 aliphatic rings. The zero-order valence-corrected chi connectivity index (χ0v) is 14.0. The molecular formula is C19H25N3O2. The van der Waals surface area contributed by atoms with Crippen molar-refractivity contribution in [1.29, 1.82) is 0 Å². The van der Waals surface area contributed by atoms with Crippen molar-refractivity contribution in [2.75, 3.05) is 6.61 Å². The summed E-state index contributed by atoms with van der Waals surface area (Å²) in [4.78, 5) is 2.30. The number of hydrogen-bond donors (Lipinski definition) is 1. The van der Waals surface area contributed by atoms with Crippen LogP contribution in [0.15, 0.2) is 34.7 Å². The lowest BCUT2D eigenvalue weighted by molar-refractivity contribution is 0.0858. The van der Waals surface area contributed by atoms with Gasteiger partial charge in [-0.3, -0.25) is 4.90 Å². The summed E-state index contributed by atoms with van der Waals surface area (Å²) in [6.07, 6.45) is 5.99. The molecule has 2 fully saturated rings. The molecule has 2 aliphatic carbocycles. The van der Waals surface area contributed by atoms with Gasteiger partial charge in [0.15, 0.2) is 0 Å². The second-order valence-electron chi connectivity index (χ2n) is 7.14. The van der Waals surface area contributed by atoms with Crippen molar-refractivity contribution in [1.82, 2.24) is 15.1 Å². The van der Waals surface area contributed by atoms with E-state index in [-0.39, 0.29) is 12.6 Å². The average molecular weight is 327 g/mol. The fraction of sp³-hybridized carbons (Fsp3) is 0.579. The monoisotopic (exact) mass is 327 g/mol. The molecule has 1 atom stereocenters. The van der Waals surface area contributed by atoms with E-state index in [2.05, 4.69) is 39.4 Å². The minimum atomic E-state index is 0.171. The lowest BCUT2D eigenvalue weighted by Crippen LogP contribution is -2.38. The maximum atomic E-state index is 9.90. The van der Waals surface area contributed by atoms with E-state index in [1.807, 2.05) is 6.07 Å². The Balaban J connectivity index is 1.49. The molecule has 0 aliphatic heterocycles. The summed E-state index contributed by atoms with van der Waals surface area (Å²) in [6.45, 7) is 1.58. The van der Waals surface area contributed by atoms with Crippen molar-refractivity contribution in [2.45, 2.75) is 57.2 Å². The van der Waals surface area contributed by atoms with E-state index >= 15 is 0 Å². The van der Waals surface area contributed by atoms with Crippen molar-refractivity contribution in [3.8, 4) is 0 Å². The fourth-order valence-electron chi connectivity index (χ4n) is 3.48. The van der Waals surface area contributed by atoms with Gasteiger partial charge < -0.3 is 9.52 Å². The van der Waals surface area contributed by atoms with Gasteiger partial charge in [0.05, 0.1) is 13.2 Å². The van der Waals surface area contributed by atoms with Crippen molar-refractivity contribution in [2.24, 2.45) is 5.92 Å². The third-order valence-corrected chi connectivity index (χ3v) is 5.33. The van der Waals surface area contributed by atoms with E-state index in [9.17, 15) is 5.11 Å². The van der Waals surface area contributed by atoms with Crippen LogP contribution < -0.4 is 0 Å². The van der Waals surface area contributed by atoms with Crippen molar-refractivity contribution >= 4 is 0 Å². The smallest absolute Gasteiger partial charge is 0.230 e. The predicted octanol–water partition coefficient (Wildman–Crippen LogP) is 3.11. The van der Waals surface area contributed by atoms with Crippen LogP contribution in [-0.4, -0.2) is 32.9 Å². The van der Waals surface area contributed by atoms with Gasteiger partial charge in [0.25, 0.3) is 0 Å². The Bertz CT molecular complexity index is 650. The molecule has 0 radical (unpaired) electrons. The summed E-state index contributed by atoms with van der Waals surface area (Å²) in [7, 11) is 0. The van der Waals surface area contributed by atoms with Gasteiger partial charge in [0, 0.05) is 18.5 Å². The van der Waals surface area contributed by atoms with E-state index < -0.39 is 0 Å². The minimum Gasteiger partial charge on any atom is -0.424 e. The molecule has 4 rings (SSSR count). The average Bonchev–Trinajstić information content (AvgIpc) is 3.28. The van der Waals surface area contributed by atoms with Gasteiger partial charge in [-0.25, -0.2) is 0 Å². The predicted molar refractivity (Wildman–Crippen MR) is 90.2 cm³/mol. The van der Waals surface area contributed by atoms with Crippen LogP contribution in [0, 0.1) is 5.92 Å². The Kier molecular flexibility index (Phi) is 4.63. The summed E-state index contributed by atoms with van der Waals surface area (Å²) in [5.74, 6) is 2.52. The van der Waals surface area contributed by atoms with Crippen molar-refractivity contribution in [3.63, 3.8) is 0 Å².